The highest BCUT2D eigenvalue weighted by Gasteiger charge is 1.79. The van der Waals surface area contributed by atoms with E-state index in [1.54, 1.807) is 0 Å². The first-order valence-corrected chi connectivity index (χ1v) is 1.80. The summed E-state index contributed by atoms with van der Waals surface area (Å²) in [6.45, 7) is 0. The van der Waals surface area contributed by atoms with Crippen molar-refractivity contribution in [1.29, 1.82) is 5.26 Å². The maximum Gasteiger partial charge on any atom is 0.303 e. The smallest absolute Gasteiger partial charge is 0.208 e. The number of halogens is 1. The van der Waals surface area contributed by atoms with Gasteiger partial charge in [-0.15, -0.1) is 3.89 Å². The summed E-state index contributed by atoms with van der Waals surface area (Å²) in [5.41, 5.74) is 0. The van der Waals surface area contributed by atoms with Crippen LogP contribution in [-0.4, -0.2) is 4.21 Å². The molecule has 0 N–H and O–H groups in total. The Labute approximate surface area is 31.0 Å². The van der Waals surface area contributed by atoms with Gasteiger partial charge in [0.1, 0.15) is 0 Å². The third-order valence-electron chi connectivity index (χ3n) is 0.0718. The second-order valence-electron chi connectivity index (χ2n) is 0.315. The van der Waals surface area contributed by atoms with Gasteiger partial charge in [0.25, 0.3) is 0 Å². The number of hydrogen-bond acceptors (Lipinski definition) is 2. The molecule has 1 atom stereocenters. The van der Waals surface area contributed by atoms with Gasteiger partial charge in [-0.1, -0.05) is 0 Å². The predicted octanol–water partition coefficient (Wildman–Crippen LogP) is 0.101. The van der Waals surface area contributed by atoms with Gasteiger partial charge in [0.15, 0.2) is 5.40 Å². The van der Waals surface area contributed by atoms with Gasteiger partial charge in [0.2, 0.25) is 0 Å². The molecule has 28 valence electrons. The van der Waals surface area contributed by atoms with Crippen molar-refractivity contribution < 1.29 is 8.09 Å². The second-order valence-corrected chi connectivity index (χ2v) is 0.944. The average molecular weight is 93.1 g/mol. The molecule has 1 unspecified atom stereocenters. The lowest BCUT2D eigenvalue weighted by Gasteiger charge is -1.50. The first-order valence-electron chi connectivity index (χ1n) is 0.749. The molecule has 0 aromatic carbocycles. The number of rotatable bonds is 0. The second kappa shape index (κ2) is 1.85. The third-order valence-corrected chi connectivity index (χ3v) is 0.215. The Bertz CT molecular complexity index is 84.1. The van der Waals surface area contributed by atoms with Gasteiger partial charge in [-0.25, -0.2) is 4.21 Å². The zero-order valence-corrected chi connectivity index (χ0v) is 2.96. The van der Waals surface area contributed by atoms with Crippen molar-refractivity contribution in [3.8, 4) is 5.40 Å². The lowest BCUT2D eigenvalue weighted by molar-refractivity contribution is 0.658. The maximum absolute atomic E-state index is 10.5. The molecule has 0 rings (SSSR count). The molecule has 4 heteroatoms. The molecule has 5 heavy (non-hydrogen) atoms. The van der Waals surface area contributed by atoms with Gasteiger partial charge in [0.05, 0.1) is 0 Å². The van der Waals surface area contributed by atoms with Crippen LogP contribution in [0, 0.1) is 10.7 Å². The molecule has 0 aromatic heterocycles. The number of thiocyanates is 1. The van der Waals surface area contributed by atoms with Crippen molar-refractivity contribution in [2.24, 2.45) is 0 Å². The van der Waals surface area contributed by atoms with E-state index in [0.29, 0.717) is 0 Å². The largest absolute Gasteiger partial charge is 0.303 e. The van der Waals surface area contributed by atoms with Crippen LogP contribution in [0.4, 0.5) is 3.89 Å². The molecule has 0 aromatic rings. The molecule has 0 aliphatic heterocycles. The van der Waals surface area contributed by atoms with Crippen LogP contribution in [0.2, 0.25) is 0 Å². The normalized spacial score (nSPS) is 12.8. The minimum Gasteiger partial charge on any atom is -0.208 e. The Balaban J connectivity index is 3.35. The molecule has 0 aliphatic rings. The Morgan fingerprint density at radius 1 is 2.00 bits per heavy atom. The van der Waals surface area contributed by atoms with E-state index in [1.807, 2.05) is 0 Å². The topological polar surface area (TPSA) is 40.9 Å². The SMILES string of the molecule is N#CS(=O)F. The average Bonchev–Trinajstić information content (AvgIpc) is 1.38. The van der Waals surface area contributed by atoms with E-state index in [9.17, 15) is 3.89 Å². The fraction of sp³-hybridized carbons (Fsp3) is 0. The molecule has 2 nitrogen and oxygen atoms in total. The molecule has 0 bridgehead atoms. The molecule has 0 saturated carbocycles. The molecule has 0 heterocycles. The van der Waals surface area contributed by atoms with Crippen LogP contribution in [0.15, 0.2) is 0 Å². The summed E-state index contributed by atoms with van der Waals surface area (Å²) < 4.78 is 19.4. The summed E-state index contributed by atoms with van der Waals surface area (Å²) in [7, 11) is 0. The van der Waals surface area contributed by atoms with Crippen molar-refractivity contribution in [2.45, 2.75) is 0 Å². The number of nitrogens with zero attached hydrogens (tertiary/aromatic N) is 1. The van der Waals surface area contributed by atoms with E-state index >= 15 is 0 Å². The molecule has 0 saturated heterocycles. The van der Waals surface area contributed by atoms with Crippen LogP contribution >= 0.6 is 0 Å². The van der Waals surface area contributed by atoms with E-state index in [1.165, 1.54) is 0 Å². The van der Waals surface area contributed by atoms with E-state index in [-0.39, 0.29) is 0 Å². The van der Waals surface area contributed by atoms with E-state index in [0.717, 1.165) is 5.40 Å². The highest BCUT2D eigenvalue weighted by molar-refractivity contribution is 7.84. The van der Waals surface area contributed by atoms with Crippen LogP contribution in [0.3, 0.4) is 0 Å². The molecule has 0 spiro atoms. The fourth-order valence-electron chi connectivity index (χ4n) is 0. The summed E-state index contributed by atoms with van der Waals surface area (Å²) >= 11 is -2.77. The van der Waals surface area contributed by atoms with Crippen molar-refractivity contribution >= 4 is 11.2 Å². The Morgan fingerprint density at radius 3 is 2.20 bits per heavy atom. The van der Waals surface area contributed by atoms with Crippen LogP contribution in [0.1, 0.15) is 0 Å². The lowest BCUT2D eigenvalue weighted by Crippen LogP contribution is -1.60. The molecular formula is CFNOS. The molecule has 0 aliphatic carbocycles. The molecule has 0 radical (unpaired) electrons. The van der Waals surface area contributed by atoms with Gasteiger partial charge in [0, 0.05) is 0 Å². The highest BCUT2D eigenvalue weighted by atomic mass is 32.2. The zero-order chi connectivity index (χ0) is 4.28. The molecule has 0 amide bonds. The number of hydrogen-bond donors (Lipinski definition) is 0. The van der Waals surface area contributed by atoms with Crippen molar-refractivity contribution in [3.05, 3.63) is 0 Å². The first-order chi connectivity index (χ1) is 2.27. The van der Waals surface area contributed by atoms with Crippen LogP contribution < -0.4 is 0 Å². The Morgan fingerprint density at radius 2 is 2.20 bits per heavy atom. The highest BCUT2D eigenvalue weighted by Crippen LogP contribution is 1.70. The minimum atomic E-state index is -2.77. The standard InChI is InChI=1S/CFNOS/c2-5(4)1-3. The Kier molecular flexibility index (Phi) is 1.69. The van der Waals surface area contributed by atoms with Crippen molar-refractivity contribution in [3.63, 3.8) is 0 Å². The van der Waals surface area contributed by atoms with Crippen LogP contribution in [0.5, 0.6) is 0 Å². The van der Waals surface area contributed by atoms with Crippen molar-refractivity contribution in [2.75, 3.05) is 0 Å². The predicted molar refractivity (Wildman–Crippen MR) is 14.9 cm³/mol. The van der Waals surface area contributed by atoms with E-state index < -0.39 is 11.2 Å². The van der Waals surface area contributed by atoms with Crippen molar-refractivity contribution in [1.82, 2.24) is 0 Å². The quantitative estimate of drug-likeness (QED) is 0.315. The summed E-state index contributed by atoms with van der Waals surface area (Å²) in [5, 5.41) is 8.05. The monoisotopic (exact) mass is 93.0 g/mol. The van der Waals surface area contributed by atoms with E-state index in [4.69, 9.17) is 9.47 Å². The van der Waals surface area contributed by atoms with Gasteiger partial charge in [-0.2, -0.15) is 5.26 Å². The van der Waals surface area contributed by atoms with Crippen LogP contribution in [0.25, 0.3) is 0 Å². The van der Waals surface area contributed by atoms with Gasteiger partial charge in [-0.05, 0) is 0 Å². The van der Waals surface area contributed by atoms with Gasteiger partial charge < -0.3 is 0 Å². The van der Waals surface area contributed by atoms with Gasteiger partial charge in [-0.3, -0.25) is 0 Å². The molecular weight excluding hydrogens is 93.1 g/mol. The molecule has 0 fully saturated rings. The first kappa shape index (κ1) is 4.57. The fourth-order valence-corrected chi connectivity index (χ4v) is 0. The summed E-state index contributed by atoms with van der Waals surface area (Å²) in [5.74, 6) is 0. The van der Waals surface area contributed by atoms with Gasteiger partial charge >= 0.3 is 11.2 Å². The minimum absolute atomic E-state index is 0.833. The maximum atomic E-state index is 10.5. The number of nitriles is 1. The summed E-state index contributed by atoms with van der Waals surface area (Å²) in [6, 6.07) is 0. The summed E-state index contributed by atoms with van der Waals surface area (Å²) in [4.78, 5) is 0. The third kappa shape index (κ3) is 3.57. The lowest BCUT2D eigenvalue weighted by atomic mass is 11.8. The van der Waals surface area contributed by atoms with Crippen LogP contribution in [-0.2, 0) is 11.2 Å². The summed E-state index contributed by atoms with van der Waals surface area (Å²) in [6.07, 6.45) is 0. The zero-order valence-electron chi connectivity index (χ0n) is 2.14. The van der Waals surface area contributed by atoms with E-state index in [2.05, 4.69) is 0 Å². The Hall–Kier alpha value is -0.430.